The Morgan fingerprint density at radius 1 is 1.00 bits per heavy atom. The summed E-state index contributed by atoms with van der Waals surface area (Å²) in [7, 11) is 1.65. The minimum absolute atomic E-state index is 0.266. The van der Waals surface area contributed by atoms with Crippen molar-refractivity contribution < 1.29 is 19.4 Å². The van der Waals surface area contributed by atoms with Crippen LogP contribution in [0.1, 0.15) is 38.0 Å². The van der Waals surface area contributed by atoms with Gasteiger partial charge in [-0.1, -0.05) is 28.9 Å². The third-order valence-electron chi connectivity index (χ3n) is 7.59. The second kappa shape index (κ2) is 13.5. The van der Waals surface area contributed by atoms with Crippen LogP contribution in [-0.4, -0.2) is 61.6 Å². The van der Waals surface area contributed by atoms with E-state index in [1.165, 1.54) is 0 Å². The average molecular weight is 631 g/mol. The molecule has 0 aliphatic carbocycles. The van der Waals surface area contributed by atoms with E-state index in [-0.39, 0.29) is 5.56 Å². The quantitative estimate of drug-likeness (QED) is 0.141. The number of benzene rings is 3. The lowest BCUT2D eigenvalue weighted by Crippen LogP contribution is -2.09. The molecule has 0 atom stereocenters. The molecule has 0 unspecified atom stereocenters. The third-order valence-corrected chi connectivity index (χ3v) is 8.94. The van der Waals surface area contributed by atoms with Crippen molar-refractivity contribution in [2.24, 2.45) is 0 Å². The SMILES string of the molecule is COCCOc1ccc2sc(CCc3c(CCc4ccc(Cl)cc4)c4cc(C(=O)O)ccc4n3CCc3nn[nH]n3)nc2c1. The molecule has 44 heavy (non-hydrogen) atoms. The molecule has 3 aromatic heterocycles. The average Bonchev–Trinajstić information content (AvgIpc) is 3.76. The largest absolute Gasteiger partial charge is 0.491 e. The van der Waals surface area contributed by atoms with Gasteiger partial charge in [0.2, 0.25) is 0 Å². The van der Waals surface area contributed by atoms with Gasteiger partial charge in [-0.15, -0.1) is 21.5 Å². The van der Waals surface area contributed by atoms with Crippen molar-refractivity contribution in [1.29, 1.82) is 0 Å². The van der Waals surface area contributed by atoms with E-state index < -0.39 is 5.97 Å². The molecule has 0 amide bonds. The van der Waals surface area contributed by atoms with Crippen LogP contribution >= 0.6 is 22.9 Å². The first-order chi connectivity index (χ1) is 21.5. The van der Waals surface area contributed by atoms with Gasteiger partial charge in [0.25, 0.3) is 0 Å². The van der Waals surface area contributed by atoms with Crippen LogP contribution in [0, 0.1) is 0 Å². The van der Waals surface area contributed by atoms with E-state index in [4.69, 9.17) is 26.1 Å². The molecule has 3 heterocycles. The summed E-state index contributed by atoms with van der Waals surface area (Å²) in [6.45, 7) is 1.63. The van der Waals surface area contributed by atoms with Gasteiger partial charge in [-0.2, -0.15) is 5.21 Å². The van der Waals surface area contributed by atoms with Crippen LogP contribution in [0.4, 0.5) is 0 Å². The van der Waals surface area contributed by atoms with Crippen LogP contribution < -0.4 is 4.74 Å². The van der Waals surface area contributed by atoms with E-state index in [0.717, 1.165) is 74.4 Å². The summed E-state index contributed by atoms with van der Waals surface area (Å²) >= 11 is 7.81. The standard InChI is InChI=1S/C32H31ClN6O4S/c1-42-16-17-43-23-8-12-29-26(19-23)34-31(44-29)13-11-27-24(9-4-20-2-6-22(33)7-3-20)25-18-21(32(40)41)5-10-28(25)39(27)15-14-30-35-37-38-36-30/h2-3,5-8,10,12,18-19H,4,9,11,13-17H2,1H3,(H,40,41)(H,35,36,37,38). The Labute approximate surface area is 262 Å². The fraction of sp³-hybridized carbons (Fsp3) is 0.281. The van der Waals surface area contributed by atoms with Crippen LogP contribution in [0.5, 0.6) is 5.75 Å². The monoisotopic (exact) mass is 630 g/mol. The number of nitrogens with zero attached hydrogens (tertiary/aromatic N) is 5. The highest BCUT2D eigenvalue weighted by Gasteiger charge is 2.20. The molecule has 0 aliphatic heterocycles. The van der Waals surface area contributed by atoms with Gasteiger partial charge in [0, 0.05) is 54.2 Å². The van der Waals surface area contributed by atoms with E-state index in [2.05, 4.69) is 25.2 Å². The maximum Gasteiger partial charge on any atom is 0.335 e. The highest BCUT2D eigenvalue weighted by molar-refractivity contribution is 7.18. The number of carbonyl (C=O) groups is 1. The molecule has 2 N–H and O–H groups in total. The number of thiazole rings is 1. The summed E-state index contributed by atoms with van der Waals surface area (Å²) in [5.41, 5.74) is 5.62. The molecule has 6 aromatic rings. The number of H-pyrrole nitrogens is 1. The fourth-order valence-corrected chi connectivity index (χ4v) is 6.54. The van der Waals surface area contributed by atoms with Crippen molar-refractivity contribution in [2.75, 3.05) is 20.3 Å². The van der Waals surface area contributed by atoms with Gasteiger partial charge in [0.05, 0.1) is 27.4 Å². The number of aryl methyl sites for hydroxylation is 5. The van der Waals surface area contributed by atoms with Gasteiger partial charge in [0.15, 0.2) is 5.82 Å². The number of nitrogens with one attached hydrogen (secondary N) is 1. The number of hydrogen-bond acceptors (Lipinski definition) is 8. The van der Waals surface area contributed by atoms with Gasteiger partial charge in [-0.05, 0) is 72.9 Å². The molecular weight excluding hydrogens is 600 g/mol. The van der Waals surface area contributed by atoms with Crippen molar-refractivity contribution in [3.63, 3.8) is 0 Å². The second-order valence-corrected chi connectivity index (χ2v) is 11.9. The van der Waals surface area contributed by atoms with Gasteiger partial charge in [-0.25, -0.2) is 9.78 Å². The lowest BCUT2D eigenvalue weighted by Gasteiger charge is -2.12. The van der Waals surface area contributed by atoms with Crippen molar-refractivity contribution >= 4 is 50.0 Å². The molecule has 0 fully saturated rings. The van der Waals surface area contributed by atoms with Gasteiger partial charge in [0.1, 0.15) is 12.4 Å². The molecule has 0 aliphatic rings. The summed E-state index contributed by atoms with van der Waals surface area (Å²) in [6.07, 6.45) is 3.58. The van der Waals surface area contributed by atoms with E-state index >= 15 is 0 Å². The zero-order chi connectivity index (χ0) is 30.5. The molecular formula is C32H31ClN6O4S. The zero-order valence-corrected chi connectivity index (χ0v) is 25.7. The smallest absolute Gasteiger partial charge is 0.335 e. The third kappa shape index (κ3) is 6.75. The predicted octanol–water partition coefficient (Wildman–Crippen LogP) is 5.95. The summed E-state index contributed by atoms with van der Waals surface area (Å²) < 4.78 is 14.3. The van der Waals surface area contributed by atoms with Crippen molar-refractivity contribution in [1.82, 2.24) is 30.2 Å². The van der Waals surface area contributed by atoms with Crippen molar-refractivity contribution in [3.05, 3.63) is 98.9 Å². The molecule has 226 valence electrons. The number of carboxylic acid groups (broad SMARTS) is 1. The highest BCUT2D eigenvalue weighted by atomic mass is 35.5. The van der Waals surface area contributed by atoms with Gasteiger partial charge in [-0.3, -0.25) is 0 Å². The Balaban J connectivity index is 1.35. The van der Waals surface area contributed by atoms with Gasteiger partial charge < -0.3 is 19.1 Å². The molecule has 0 spiro atoms. The Hall–Kier alpha value is -4.32. The molecule has 12 heteroatoms. The molecule has 6 rings (SSSR count). The Bertz CT molecular complexity index is 1890. The molecule has 0 saturated heterocycles. The van der Waals surface area contributed by atoms with E-state index in [9.17, 15) is 9.90 Å². The van der Waals surface area contributed by atoms with E-state index in [0.29, 0.717) is 37.0 Å². The molecule has 3 aromatic carbocycles. The zero-order valence-electron chi connectivity index (χ0n) is 24.1. The number of ether oxygens (including phenoxy) is 2. The first-order valence-corrected chi connectivity index (χ1v) is 15.5. The number of aromatic amines is 1. The molecule has 0 bridgehead atoms. The minimum atomic E-state index is -0.948. The lowest BCUT2D eigenvalue weighted by molar-refractivity contribution is 0.0697. The lowest BCUT2D eigenvalue weighted by atomic mass is 9.99. The number of methoxy groups -OCH3 is 1. The van der Waals surface area contributed by atoms with Crippen LogP contribution in [0.3, 0.4) is 0 Å². The summed E-state index contributed by atoms with van der Waals surface area (Å²) in [5, 5.41) is 27.0. The number of hydrogen-bond donors (Lipinski definition) is 2. The topological polar surface area (TPSA) is 128 Å². The number of halogens is 1. The second-order valence-electron chi connectivity index (χ2n) is 10.4. The highest BCUT2D eigenvalue weighted by Crippen LogP contribution is 2.32. The molecule has 0 saturated carbocycles. The van der Waals surface area contributed by atoms with E-state index in [1.54, 1.807) is 30.6 Å². The summed E-state index contributed by atoms with van der Waals surface area (Å²) in [5.74, 6) is 0.445. The maximum absolute atomic E-state index is 12.0. The minimum Gasteiger partial charge on any atom is -0.491 e. The number of carboxylic acids is 1. The number of tetrazole rings is 1. The first kappa shape index (κ1) is 29.7. The predicted molar refractivity (Wildman–Crippen MR) is 170 cm³/mol. The normalized spacial score (nSPS) is 11.5. The summed E-state index contributed by atoms with van der Waals surface area (Å²) in [4.78, 5) is 16.9. The molecule has 0 radical (unpaired) electrons. The van der Waals surface area contributed by atoms with Crippen molar-refractivity contribution in [2.45, 2.75) is 38.6 Å². The van der Waals surface area contributed by atoms with Gasteiger partial charge >= 0.3 is 5.97 Å². The number of fused-ring (bicyclic) bond motifs is 2. The van der Waals surface area contributed by atoms with Crippen LogP contribution in [0.25, 0.3) is 21.1 Å². The summed E-state index contributed by atoms with van der Waals surface area (Å²) in [6, 6.07) is 19.2. The van der Waals surface area contributed by atoms with E-state index in [1.807, 2.05) is 48.5 Å². The Morgan fingerprint density at radius 3 is 2.64 bits per heavy atom. The Kier molecular flexibility index (Phi) is 9.15. The number of aromatic carboxylic acids is 1. The van der Waals surface area contributed by atoms with Crippen LogP contribution in [-0.2, 0) is 43.4 Å². The van der Waals surface area contributed by atoms with Crippen LogP contribution in [0.15, 0.2) is 60.7 Å². The maximum atomic E-state index is 12.0. The fourth-order valence-electron chi connectivity index (χ4n) is 5.47. The molecule has 10 nitrogen and oxygen atoms in total. The Morgan fingerprint density at radius 2 is 1.86 bits per heavy atom. The van der Waals surface area contributed by atoms with Crippen LogP contribution in [0.2, 0.25) is 5.02 Å². The first-order valence-electron chi connectivity index (χ1n) is 14.3. The number of rotatable bonds is 14. The van der Waals surface area contributed by atoms with Crippen molar-refractivity contribution in [3.8, 4) is 5.75 Å². The number of aromatic nitrogens is 6.